The van der Waals surface area contributed by atoms with Crippen molar-refractivity contribution in [2.75, 3.05) is 14.1 Å². The molecule has 0 aromatic carbocycles. The molecule has 24 heavy (non-hydrogen) atoms. The number of aliphatic imine (C=N–C) groups is 1. The molecular weight excluding hydrogens is 419 g/mol. The van der Waals surface area contributed by atoms with E-state index in [0.29, 0.717) is 12.4 Å². The largest absolute Gasteiger partial charge is 0.443 e. The summed E-state index contributed by atoms with van der Waals surface area (Å²) in [5.74, 6) is 2.32. The second-order valence-electron chi connectivity index (χ2n) is 6.65. The lowest BCUT2D eigenvalue weighted by molar-refractivity contribution is 0.376. The summed E-state index contributed by atoms with van der Waals surface area (Å²) in [4.78, 5) is 10.6. The third-order valence-electron chi connectivity index (χ3n) is 3.44. The molecule has 0 aliphatic heterocycles. The van der Waals surface area contributed by atoms with Gasteiger partial charge in [0.2, 0.25) is 5.89 Å². The molecule has 1 N–H and O–H groups in total. The van der Waals surface area contributed by atoms with Crippen molar-refractivity contribution in [1.82, 2.24) is 25.0 Å². The van der Waals surface area contributed by atoms with E-state index in [0.717, 1.165) is 23.8 Å². The fourth-order valence-electron chi connectivity index (χ4n) is 2.18. The number of nitrogens with zero attached hydrogens (tertiary/aromatic N) is 5. The zero-order chi connectivity index (χ0) is 17.0. The third-order valence-corrected chi connectivity index (χ3v) is 3.44. The summed E-state index contributed by atoms with van der Waals surface area (Å²) in [6, 6.07) is 0. The molecule has 0 aliphatic rings. The van der Waals surface area contributed by atoms with Gasteiger partial charge in [0.15, 0.2) is 5.96 Å². The van der Waals surface area contributed by atoms with Crippen LogP contribution in [0.4, 0.5) is 0 Å². The molecule has 2 aromatic heterocycles. The molecule has 7 nitrogen and oxygen atoms in total. The highest BCUT2D eigenvalue weighted by Gasteiger charge is 2.19. The summed E-state index contributed by atoms with van der Waals surface area (Å²) in [7, 11) is 5.66. The number of hydrogen-bond acceptors (Lipinski definition) is 4. The summed E-state index contributed by atoms with van der Waals surface area (Å²) in [5.41, 5.74) is 1.09. The number of rotatable bonds is 4. The average Bonchev–Trinajstić information content (AvgIpc) is 3.08. The average molecular weight is 446 g/mol. The van der Waals surface area contributed by atoms with Crippen molar-refractivity contribution < 1.29 is 4.42 Å². The lowest BCUT2D eigenvalue weighted by Crippen LogP contribution is -2.38. The van der Waals surface area contributed by atoms with Crippen molar-refractivity contribution in [3.05, 3.63) is 35.8 Å². The number of aromatic nitrogens is 3. The number of hydrogen-bond donors (Lipinski definition) is 1. The minimum absolute atomic E-state index is 0. The minimum atomic E-state index is -0.0377. The van der Waals surface area contributed by atoms with Crippen LogP contribution in [0.5, 0.6) is 0 Å². The molecule has 0 fully saturated rings. The van der Waals surface area contributed by atoms with Gasteiger partial charge >= 0.3 is 0 Å². The van der Waals surface area contributed by atoms with E-state index in [2.05, 4.69) is 41.2 Å². The van der Waals surface area contributed by atoms with Gasteiger partial charge in [-0.3, -0.25) is 9.67 Å². The maximum Gasteiger partial charge on any atom is 0.213 e. The SMILES string of the molecule is CN=C(NCc1ncc(C(C)(C)C)o1)N(C)Cc1cnn(C)c1.I. The van der Waals surface area contributed by atoms with Crippen LogP contribution in [-0.2, 0) is 25.6 Å². The van der Waals surface area contributed by atoms with Crippen molar-refractivity contribution in [3.63, 3.8) is 0 Å². The van der Waals surface area contributed by atoms with Gasteiger partial charge in [0.05, 0.1) is 18.9 Å². The Labute approximate surface area is 160 Å². The highest BCUT2D eigenvalue weighted by Crippen LogP contribution is 2.22. The number of aryl methyl sites for hydroxylation is 1. The normalized spacial score (nSPS) is 12.0. The van der Waals surface area contributed by atoms with E-state index in [-0.39, 0.29) is 29.4 Å². The van der Waals surface area contributed by atoms with Crippen LogP contribution >= 0.6 is 24.0 Å². The Bertz CT molecular complexity index is 670. The van der Waals surface area contributed by atoms with Crippen LogP contribution < -0.4 is 5.32 Å². The van der Waals surface area contributed by atoms with Crippen molar-refractivity contribution in [2.24, 2.45) is 12.0 Å². The quantitative estimate of drug-likeness (QED) is 0.444. The van der Waals surface area contributed by atoms with E-state index in [9.17, 15) is 0 Å². The Kier molecular flexibility index (Phi) is 7.25. The molecule has 2 heterocycles. The molecule has 0 radical (unpaired) electrons. The minimum Gasteiger partial charge on any atom is -0.443 e. The van der Waals surface area contributed by atoms with Crippen LogP contribution in [0.25, 0.3) is 0 Å². The maximum absolute atomic E-state index is 5.78. The Morgan fingerprint density at radius 2 is 2.08 bits per heavy atom. The first-order valence-electron chi connectivity index (χ1n) is 7.64. The number of halogens is 1. The highest BCUT2D eigenvalue weighted by molar-refractivity contribution is 14.0. The molecule has 0 atom stereocenters. The Hall–Kier alpha value is -1.58. The Morgan fingerprint density at radius 1 is 1.38 bits per heavy atom. The van der Waals surface area contributed by atoms with Crippen molar-refractivity contribution >= 4 is 29.9 Å². The van der Waals surface area contributed by atoms with Crippen LogP contribution in [0.1, 0.15) is 38.0 Å². The molecule has 0 bridgehead atoms. The smallest absolute Gasteiger partial charge is 0.213 e. The number of nitrogens with one attached hydrogen (secondary N) is 1. The molecule has 2 aromatic rings. The summed E-state index contributed by atoms with van der Waals surface area (Å²) < 4.78 is 7.58. The van der Waals surface area contributed by atoms with E-state index in [1.807, 2.05) is 31.4 Å². The van der Waals surface area contributed by atoms with Crippen molar-refractivity contribution in [2.45, 2.75) is 39.3 Å². The predicted molar refractivity (Wildman–Crippen MR) is 105 cm³/mol. The van der Waals surface area contributed by atoms with Gasteiger partial charge in [-0.2, -0.15) is 5.10 Å². The molecule has 0 amide bonds. The van der Waals surface area contributed by atoms with E-state index < -0.39 is 0 Å². The fraction of sp³-hybridized carbons (Fsp3) is 0.562. The molecular formula is C16H27IN6O. The standard InChI is InChI=1S/C16H26N6O.HI/c1-16(2,3)13-8-18-14(23-13)9-19-15(17-4)21(5)10-12-7-20-22(6)11-12;/h7-8,11H,9-10H2,1-6H3,(H,17,19);1H. The van der Waals surface area contributed by atoms with E-state index >= 15 is 0 Å². The van der Waals surface area contributed by atoms with Crippen LogP contribution in [0, 0.1) is 0 Å². The van der Waals surface area contributed by atoms with E-state index in [4.69, 9.17) is 4.42 Å². The van der Waals surface area contributed by atoms with E-state index in [1.54, 1.807) is 17.9 Å². The molecule has 8 heteroatoms. The lowest BCUT2D eigenvalue weighted by Gasteiger charge is -2.20. The van der Waals surface area contributed by atoms with Crippen LogP contribution in [0.2, 0.25) is 0 Å². The van der Waals surface area contributed by atoms with Crippen LogP contribution in [0.15, 0.2) is 28.0 Å². The summed E-state index contributed by atoms with van der Waals surface area (Å²) >= 11 is 0. The Morgan fingerprint density at radius 3 is 2.58 bits per heavy atom. The summed E-state index contributed by atoms with van der Waals surface area (Å²) in [5, 5.41) is 7.45. The first kappa shape index (κ1) is 20.5. The molecule has 0 aliphatic carbocycles. The molecule has 0 saturated carbocycles. The van der Waals surface area contributed by atoms with Crippen molar-refractivity contribution in [3.8, 4) is 0 Å². The van der Waals surface area contributed by atoms with Gasteiger partial charge in [0, 0.05) is 44.9 Å². The zero-order valence-electron chi connectivity index (χ0n) is 15.2. The fourth-order valence-corrected chi connectivity index (χ4v) is 2.18. The third kappa shape index (κ3) is 5.50. The number of oxazole rings is 1. The molecule has 0 saturated heterocycles. The Balaban J connectivity index is 0.00000288. The van der Waals surface area contributed by atoms with E-state index in [1.165, 1.54) is 0 Å². The summed E-state index contributed by atoms with van der Waals surface area (Å²) in [6.45, 7) is 7.54. The van der Waals surface area contributed by atoms with Gasteiger partial charge in [0.1, 0.15) is 5.76 Å². The molecule has 0 spiro atoms. The lowest BCUT2D eigenvalue weighted by atomic mass is 9.94. The first-order chi connectivity index (χ1) is 10.8. The maximum atomic E-state index is 5.78. The zero-order valence-corrected chi connectivity index (χ0v) is 17.5. The van der Waals surface area contributed by atoms with Gasteiger partial charge in [-0.15, -0.1) is 24.0 Å². The van der Waals surface area contributed by atoms with Crippen molar-refractivity contribution in [1.29, 1.82) is 0 Å². The molecule has 134 valence electrons. The number of guanidine groups is 1. The van der Waals surface area contributed by atoms with Crippen LogP contribution in [0.3, 0.4) is 0 Å². The molecule has 0 unspecified atom stereocenters. The highest BCUT2D eigenvalue weighted by atomic mass is 127. The molecule has 2 rings (SSSR count). The van der Waals surface area contributed by atoms with Gasteiger partial charge < -0.3 is 14.6 Å². The summed E-state index contributed by atoms with van der Waals surface area (Å²) in [6.07, 6.45) is 5.64. The van der Waals surface area contributed by atoms with Crippen LogP contribution in [-0.4, -0.2) is 39.7 Å². The monoisotopic (exact) mass is 446 g/mol. The first-order valence-corrected chi connectivity index (χ1v) is 7.64. The topological polar surface area (TPSA) is 71.5 Å². The predicted octanol–water partition coefficient (Wildman–Crippen LogP) is 2.53. The van der Waals surface area contributed by atoms with Gasteiger partial charge in [-0.25, -0.2) is 4.98 Å². The van der Waals surface area contributed by atoms with Gasteiger partial charge in [-0.1, -0.05) is 20.8 Å². The van der Waals surface area contributed by atoms with Gasteiger partial charge in [0.25, 0.3) is 0 Å². The second kappa shape index (κ2) is 8.50. The second-order valence-corrected chi connectivity index (χ2v) is 6.65. The van der Waals surface area contributed by atoms with Gasteiger partial charge in [-0.05, 0) is 0 Å².